The molecule has 2 heterocycles. The van der Waals surface area contributed by atoms with Gasteiger partial charge >= 0.3 is 6.03 Å². The van der Waals surface area contributed by atoms with Gasteiger partial charge in [0.15, 0.2) is 0 Å². The number of hydrogen-bond donors (Lipinski definition) is 1. The summed E-state index contributed by atoms with van der Waals surface area (Å²) in [6, 6.07) is 14.8. The second-order valence-corrected chi connectivity index (χ2v) is 7.73. The molecular formula is C23H23FN4O2. The quantitative estimate of drug-likeness (QED) is 0.645. The van der Waals surface area contributed by atoms with Crippen molar-refractivity contribution in [3.63, 3.8) is 0 Å². The molecule has 30 heavy (non-hydrogen) atoms. The number of carbonyl (C=O) groups is 1. The van der Waals surface area contributed by atoms with Gasteiger partial charge in [0.25, 0.3) is 5.89 Å². The molecule has 1 atom stereocenters. The van der Waals surface area contributed by atoms with Gasteiger partial charge in [0.05, 0.1) is 11.6 Å². The van der Waals surface area contributed by atoms with Crippen LogP contribution in [0.4, 0.5) is 9.18 Å². The molecule has 0 saturated heterocycles. The highest BCUT2D eigenvalue weighted by Gasteiger charge is 2.36. The van der Waals surface area contributed by atoms with Crippen molar-refractivity contribution in [1.29, 1.82) is 0 Å². The third-order valence-electron chi connectivity index (χ3n) is 5.01. The Morgan fingerprint density at radius 3 is 2.63 bits per heavy atom. The zero-order valence-corrected chi connectivity index (χ0v) is 17.1. The van der Waals surface area contributed by atoms with Gasteiger partial charge in [-0.2, -0.15) is 4.98 Å². The van der Waals surface area contributed by atoms with Crippen molar-refractivity contribution in [1.82, 2.24) is 20.4 Å². The first kappa shape index (κ1) is 19.8. The largest absolute Gasteiger partial charge is 0.334 e. The highest BCUT2D eigenvalue weighted by molar-refractivity contribution is 5.86. The molecule has 0 bridgehead atoms. The Hall–Kier alpha value is -3.48. The third kappa shape index (κ3) is 3.83. The number of benzene rings is 2. The summed E-state index contributed by atoms with van der Waals surface area (Å²) in [4.78, 5) is 19.1. The number of nitrogens with one attached hydrogen (secondary N) is 1. The van der Waals surface area contributed by atoms with E-state index in [-0.39, 0.29) is 17.8 Å². The number of allylic oxidation sites excluding steroid dienone is 1. The van der Waals surface area contributed by atoms with Crippen LogP contribution < -0.4 is 5.32 Å². The third-order valence-corrected chi connectivity index (χ3v) is 5.01. The molecule has 1 aliphatic rings. The number of rotatable bonds is 5. The average molecular weight is 406 g/mol. The van der Waals surface area contributed by atoms with E-state index in [9.17, 15) is 9.18 Å². The van der Waals surface area contributed by atoms with E-state index in [0.717, 1.165) is 5.56 Å². The highest BCUT2D eigenvalue weighted by atomic mass is 19.1. The van der Waals surface area contributed by atoms with Gasteiger partial charge in [-0.3, -0.25) is 4.90 Å². The van der Waals surface area contributed by atoms with Crippen LogP contribution >= 0.6 is 0 Å². The van der Waals surface area contributed by atoms with Gasteiger partial charge in [-0.15, -0.1) is 0 Å². The normalized spacial score (nSPS) is 16.9. The Balaban J connectivity index is 1.83. The number of amides is 2. The number of carbonyl (C=O) groups excluding carboxylic acids is 1. The molecule has 0 spiro atoms. The lowest BCUT2D eigenvalue weighted by molar-refractivity contribution is 0.199. The van der Waals surface area contributed by atoms with E-state index >= 15 is 0 Å². The van der Waals surface area contributed by atoms with Crippen LogP contribution in [0.2, 0.25) is 0 Å². The van der Waals surface area contributed by atoms with E-state index in [2.05, 4.69) is 15.5 Å². The van der Waals surface area contributed by atoms with Crippen molar-refractivity contribution in [2.75, 3.05) is 6.54 Å². The number of hydrogen-bond acceptors (Lipinski definition) is 4. The zero-order chi connectivity index (χ0) is 21.3. The molecule has 1 aromatic heterocycles. The van der Waals surface area contributed by atoms with Crippen LogP contribution in [-0.2, 0) is 0 Å². The smallest absolute Gasteiger partial charge is 0.322 e. The Morgan fingerprint density at radius 2 is 1.93 bits per heavy atom. The lowest BCUT2D eigenvalue weighted by atomic mass is 9.94. The van der Waals surface area contributed by atoms with Crippen LogP contribution in [0.1, 0.15) is 38.3 Å². The SMILES string of the molecule is CC1=C(c2nc(-c3ccccc3)no2)C(c2cccc(F)c2)NC(=O)N1CC(C)C. The summed E-state index contributed by atoms with van der Waals surface area (Å²) in [6.45, 7) is 6.48. The molecule has 0 aliphatic carbocycles. The lowest BCUT2D eigenvalue weighted by Gasteiger charge is -2.36. The minimum atomic E-state index is -0.597. The predicted octanol–water partition coefficient (Wildman–Crippen LogP) is 5.03. The molecule has 1 aliphatic heterocycles. The summed E-state index contributed by atoms with van der Waals surface area (Å²) < 4.78 is 19.5. The molecule has 3 aromatic rings. The standard InChI is InChI=1S/C23H23FN4O2/c1-14(2)13-28-15(3)19(20(25-23(28)29)17-10-7-11-18(24)12-17)22-26-21(27-30-22)16-8-5-4-6-9-16/h4-12,14,20H,13H2,1-3H3,(H,25,29). The maximum absolute atomic E-state index is 13.9. The molecule has 0 radical (unpaired) electrons. The van der Waals surface area contributed by atoms with Crippen molar-refractivity contribution in [3.05, 3.63) is 77.6 Å². The number of urea groups is 1. The van der Waals surface area contributed by atoms with Crippen LogP contribution in [0.5, 0.6) is 0 Å². The molecule has 4 rings (SSSR count). The Bertz CT molecular complexity index is 1090. The van der Waals surface area contributed by atoms with Crippen molar-refractivity contribution >= 4 is 11.6 Å². The van der Waals surface area contributed by atoms with Gasteiger partial charge in [-0.25, -0.2) is 9.18 Å². The predicted molar refractivity (Wildman–Crippen MR) is 112 cm³/mol. The highest BCUT2D eigenvalue weighted by Crippen LogP contribution is 2.37. The molecule has 2 amide bonds. The fourth-order valence-electron chi connectivity index (χ4n) is 3.62. The molecule has 1 unspecified atom stereocenters. The van der Waals surface area contributed by atoms with Gasteiger partial charge in [0, 0.05) is 17.8 Å². The Morgan fingerprint density at radius 1 is 1.17 bits per heavy atom. The van der Waals surface area contributed by atoms with Gasteiger partial charge < -0.3 is 9.84 Å². The maximum Gasteiger partial charge on any atom is 0.322 e. The molecule has 1 N–H and O–H groups in total. The van der Waals surface area contributed by atoms with E-state index in [0.29, 0.717) is 35.1 Å². The van der Waals surface area contributed by atoms with Crippen LogP contribution in [-0.4, -0.2) is 27.6 Å². The minimum absolute atomic E-state index is 0.234. The van der Waals surface area contributed by atoms with Gasteiger partial charge in [-0.05, 0) is 30.5 Å². The fraction of sp³-hybridized carbons (Fsp3) is 0.261. The second kappa shape index (κ2) is 8.10. The van der Waals surface area contributed by atoms with Crippen molar-refractivity contribution in [2.45, 2.75) is 26.8 Å². The van der Waals surface area contributed by atoms with Crippen molar-refractivity contribution in [2.24, 2.45) is 5.92 Å². The summed E-state index contributed by atoms with van der Waals surface area (Å²) in [5.74, 6) is 0.643. The van der Waals surface area contributed by atoms with E-state index in [1.54, 1.807) is 17.0 Å². The van der Waals surface area contributed by atoms with Gasteiger partial charge in [-0.1, -0.05) is 61.5 Å². The van der Waals surface area contributed by atoms with E-state index in [1.165, 1.54) is 12.1 Å². The average Bonchev–Trinajstić information content (AvgIpc) is 3.21. The molecule has 0 fully saturated rings. The Labute approximate surface area is 174 Å². The molecule has 6 nitrogen and oxygen atoms in total. The molecule has 0 saturated carbocycles. The molecule has 154 valence electrons. The number of nitrogens with zero attached hydrogens (tertiary/aromatic N) is 3. The second-order valence-electron chi connectivity index (χ2n) is 7.73. The zero-order valence-electron chi connectivity index (χ0n) is 17.1. The van der Waals surface area contributed by atoms with E-state index in [4.69, 9.17) is 4.52 Å². The van der Waals surface area contributed by atoms with Crippen LogP contribution in [0.3, 0.4) is 0 Å². The monoisotopic (exact) mass is 406 g/mol. The summed E-state index contributed by atoms with van der Waals surface area (Å²) in [7, 11) is 0. The van der Waals surface area contributed by atoms with E-state index in [1.807, 2.05) is 51.1 Å². The summed E-state index contributed by atoms with van der Waals surface area (Å²) in [5, 5.41) is 7.10. The fourth-order valence-corrected chi connectivity index (χ4v) is 3.62. The summed E-state index contributed by atoms with van der Waals surface area (Å²) >= 11 is 0. The first-order valence-corrected chi connectivity index (χ1v) is 9.88. The number of aromatic nitrogens is 2. The molecule has 7 heteroatoms. The van der Waals surface area contributed by atoms with Crippen LogP contribution in [0.15, 0.2) is 64.8 Å². The summed E-state index contributed by atoms with van der Waals surface area (Å²) in [5.41, 5.74) is 2.81. The molecular weight excluding hydrogens is 383 g/mol. The minimum Gasteiger partial charge on any atom is -0.334 e. The van der Waals surface area contributed by atoms with Gasteiger partial charge in [0.2, 0.25) is 5.82 Å². The first-order valence-electron chi connectivity index (χ1n) is 9.88. The van der Waals surface area contributed by atoms with Crippen LogP contribution in [0, 0.1) is 11.7 Å². The molecule has 2 aromatic carbocycles. The van der Waals surface area contributed by atoms with Crippen LogP contribution in [0.25, 0.3) is 17.0 Å². The maximum atomic E-state index is 13.9. The lowest BCUT2D eigenvalue weighted by Crippen LogP contribution is -2.47. The Kier molecular flexibility index (Phi) is 5.35. The van der Waals surface area contributed by atoms with E-state index < -0.39 is 6.04 Å². The summed E-state index contributed by atoms with van der Waals surface area (Å²) in [6.07, 6.45) is 0. The van der Waals surface area contributed by atoms with Crippen molar-refractivity contribution in [3.8, 4) is 11.4 Å². The number of halogens is 1. The topological polar surface area (TPSA) is 71.3 Å². The van der Waals surface area contributed by atoms with Crippen molar-refractivity contribution < 1.29 is 13.7 Å². The van der Waals surface area contributed by atoms with Gasteiger partial charge in [0.1, 0.15) is 5.82 Å². The first-order chi connectivity index (χ1) is 14.4.